The minimum absolute atomic E-state index is 0.0988. The van der Waals surface area contributed by atoms with E-state index in [0.717, 1.165) is 6.26 Å². The number of aromatic nitrogens is 1. The molecule has 0 fully saturated rings. The van der Waals surface area contributed by atoms with E-state index in [-0.39, 0.29) is 5.15 Å². The van der Waals surface area contributed by atoms with E-state index in [1.807, 2.05) is 0 Å². The van der Waals surface area contributed by atoms with Gasteiger partial charge in [-0.15, -0.1) is 0 Å². The zero-order valence-corrected chi connectivity index (χ0v) is 12.7. The van der Waals surface area contributed by atoms with Crippen LogP contribution in [-0.2, 0) is 10.0 Å². The van der Waals surface area contributed by atoms with Crippen LogP contribution in [-0.4, -0.2) is 37.3 Å². The van der Waals surface area contributed by atoms with Gasteiger partial charge in [0, 0.05) is 12.7 Å². The van der Waals surface area contributed by atoms with Crippen LogP contribution in [0.2, 0.25) is 5.15 Å². The summed E-state index contributed by atoms with van der Waals surface area (Å²) in [5, 5.41) is 0.0988. The Bertz CT molecular complexity index is 638. The number of halogens is 1. The van der Waals surface area contributed by atoms with Gasteiger partial charge < -0.3 is 0 Å². The van der Waals surface area contributed by atoms with Crippen molar-refractivity contribution in [3.05, 3.63) is 34.2 Å². The van der Waals surface area contributed by atoms with Gasteiger partial charge in [-0.2, -0.15) is 0 Å². The van der Waals surface area contributed by atoms with Gasteiger partial charge in [0.1, 0.15) is 5.15 Å². The molecular formula is C12H15ClN2O3S. The summed E-state index contributed by atoms with van der Waals surface area (Å²) in [6, 6.07) is 3.18. The van der Waals surface area contributed by atoms with Crippen LogP contribution in [0.25, 0.3) is 5.57 Å². The second-order valence-electron chi connectivity index (χ2n) is 4.14. The van der Waals surface area contributed by atoms with Crippen molar-refractivity contribution in [1.29, 1.82) is 0 Å². The molecule has 0 bridgehead atoms. The summed E-state index contributed by atoms with van der Waals surface area (Å²) < 4.78 is 24.1. The third kappa shape index (κ3) is 3.54. The highest BCUT2D eigenvalue weighted by Gasteiger charge is 2.15. The standard InChI is InChI=1S/C12H15ClN2O3S/c1-8(9(2)15(3)19(4,17)18)11-6-5-10(7-16)12(13)14-11/h5-7H,1-4H3. The molecule has 1 rings (SSSR count). The second kappa shape index (κ2) is 5.71. The molecule has 5 nitrogen and oxygen atoms in total. The summed E-state index contributed by atoms with van der Waals surface area (Å²) in [4.78, 5) is 14.7. The van der Waals surface area contributed by atoms with E-state index in [1.165, 1.54) is 11.4 Å². The first-order valence-electron chi connectivity index (χ1n) is 5.42. The lowest BCUT2D eigenvalue weighted by Gasteiger charge is -2.19. The molecule has 19 heavy (non-hydrogen) atoms. The van der Waals surface area contributed by atoms with E-state index in [2.05, 4.69) is 4.98 Å². The van der Waals surface area contributed by atoms with Crippen molar-refractivity contribution in [3.63, 3.8) is 0 Å². The van der Waals surface area contributed by atoms with Crippen molar-refractivity contribution < 1.29 is 13.2 Å². The Morgan fingerprint density at radius 3 is 2.37 bits per heavy atom. The number of sulfonamides is 1. The Labute approximate surface area is 118 Å². The molecule has 0 atom stereocenters. The zero-order chi connectivity index (χ0) is 14.8. The van der Waals surface area contributed by atoms with Gasteiger partial charge in [0.2, 0.25) is 10.0 Å². The number of hydrogen-bond donors (Lipinski definition) is 0. The van der Waals surface area contributed by atoms with Crippen LogP contribution < -0.4 is 0 Å². The van der Waals surface area contributed by atoms with Gasteiger partial charge in [0.15, 0.2) is 6.29 Å². The first-order valence-corrected chi connectivity index (χ1v) is 7.64. The fourth-order valence-corrected chi connectivity index (χ4v) is 2.25. The number of allylic oxidation sites excluding steroid dienone is 2. The normalized spacial score (nSPS) is 12.9. The molecular weight excluding hydrogens is 288 g/mol. The van der Waals surface area contributed by atoms with Crippen molar-refractivity contribution in [2.45, 2.75) is 13.8 Å². The first-order chi connectivity index (χ1) is 8.68. The lowest BCUT2D eigenvalue weighted by molar-refractivity contribution is 0.112. The molecule has 0 aromatic carbocycles. The average Bonchev–Trinajstić information content (AvgIpc) is 2.34. The topological polar surface area (TPSA) is 67.3 Å². The van der Waals surface area contributed by atoms with E-state index in [4.69, 9.17) is 11.6 Å². The molecule has 1 aromatic rings. The van der Waals surface area contributed by atoms with Crippen molar-refractivity contribution in [2.24, 2.45) is 0 Å². The van der Waals surface area contributed by atoms with Gasteiger partial charge in [-0.05, 0) is 31.6 Å². The molecule has 0 unspecified atom stereocenters. The summed E-state index contributed by atoms with van der Waals surface area (Å²) in [7, 11) is -1.85. The highest BCUT2D eigenvalue weighted by molar-refractivity contribution is 7.88. The summed E-state index contributed by atoms with van der Waals surface area (Å²) >= 11 is 5.85. The van der Waals surface area contributed by atoms with Gasteiger partial charge in [0.25, 0.3) is 0 Å². The van der Waals surface area contributed by atoms with Gasteiger partial charge >= 0.3 is 0 Å². The summed E-state index contributed by atoms with van der Waals surface area (Å²) in [5.74, 6) is 0. The first kappa shape index (κ1) is 15.7. The molecule has 1 aromatic heterocycles. The van der Waals surface area contributed by atoms with Gasteiger partial charge in [-0.3, -0.25) is 9.10 Å². The van der Waals surface area contributed by atoms with E-state index in [0.29, 0.717) is 28.8 Å². The van der Waals surface area contributed by atoms with Crippen molar-refractivity contribution in [2.75, 3.05) is 13.3 Å². The van der Waals surface area contributed by atoms with E-state index >= 15 is 0 Å². The lowest BCUT2D eigenvalue weighted by Crippen LogP contribution is -2.24. The largest absolute Gasteiger partial charge is 0.298 e. The third-order valence-corrected chi connectivity index (χ3v) is 4.47. The molecule has 0 N–H and O–H groups in total. The maximum absolute atomic E-state index is 11.5. The Morgan fingerprint density at radius 1 is 1.37 bits per heavy atom. The SMILES string of the molecule is CC(=C(C)N(C)S(C)(=O)=O)c1ccc(C=O)c(Cl)n1. The number of pyridine rings is 1. The molecule has 7 heteroatoms. The van der Waals surface area contributed by atoms with Crippen LogP contribution in [0.15, 0.2) is 17.8 Å². The van der Waals surface area contributed by atoms with Gasteiger partial charge in [0.05, 0.1) is 17.5 Å². The predicted molar refractivity (Wildman–Crippen MR) is 75.5 cm³/mol. The zero-order valence-electron chi connectivity index (χ0n) is 11.1. The van der Waals surface area contributed by atoms with Crippen molar-refractivity contribution >= 4 is 33.5 Å². The summed E-state index contributed by atoms with van der Waals surface area (Å²) in [6.07, 6.45) is 1.74. The number of nitrogens with zero attached hydrogens (tertiary/aromatic N) is 2. The van der Waals surface area contributed by atoms with Crippen LogP contribution in [0.3, 0.4) is 0 Å². The van der Waals surface area contributed by atoms with Gasteiger partial charge in [-0.1, -0.05) is 11.6 Å². The van der Waals surface area contributed by atoms with Gasteiger partial charge in [-0.25, -0.2) is 13.4 Å². The number of hydrogen-bond acceptors (Lipinski definition) is 4. The molecule has 0 saturated heterocycles. The average molecular weight is 303 g/mol. The smallest absolute Gasteiger partial charge is 0.231 e. The van der Waals surface area contributed by atoms with Crippen LogP contribution in [0.1, 0.15) is 29.9 Å². The number of rotatable bonds is 4. The minimum Gasteiger partial charge on any atom is -0.298 e. The van der Waals surface area contributed by atoms with Crippen LogP contribution >= 0.6 is 11.6 Å². The molecule has 104 valence electrons. The van der Waals surface area contributed by atoms with E-state index in [9.17, 15) is 13.2 Å². The molecule has 1 heterocycles. The lowest BCUT2D eigenvalue weighted by atomic mass is 10.1. The minimum atomic E-state index is -3.32. The fourth-order valence-electron chi connectivity index (χ4n) is 1.41. The number of carbonyl (C=O) groups is 1. The molecule has 0 amide bonds. The fraction of sp³-hybridized carbons (Fsp3) is 0.333. The molecule has 0 saturated carbocycles. The van der Waals surface area contributed by atoms with Crippen LogP contribution in [0.4, 0.5) is 0 Å². The second-order valence-corrected chi connectivity index (χ2v) is 6.51. The quantitative estimate of drug-likeness (QED) is 0.631. The Kier molecular flexibility index (Phi) is 4.70. The molecule has 0 spiro atoms. The Morgan fingerprint density at radius 2 is 1.95 bits per heavy atom. The maximum atomic E-state index is 11.5. The molecule has 0 radical (unpaired) electrons. The Balaban J connectivity index is 3.29. The maximum Gasteiger partial charge on any atom is 0.231 e. The highest BCUT2D eigenvalue weighted by Crippen LogP contribution is 2.22. The van der Waals surface area contributed by atoms with Crippen molar-refractivity contribution in [1.82, 2.24) is 9.29 Å². The molecule has 0 aliphatic carbocycles. The third-order valence-electron chi connectivity index (χ3n) is 2.90. The number of carbonyl (C=O) groups excluding carboxylic acids is 1. The molecule has 0 aliphatic rings. The highest BCUT2D eigenvalue weighted by atomic mass is 35.5. The number of aldehydes is 1. The van der Waals surface area contributed by atoms with E-state index < -0.39 is 10.0 Å². The summed E-state index contributed by atoms with van der Waals surface area (Å²) in [5.41, 5.74) is 2.05. The monoisotopic (exact) mass is 302 g/mol. The predicted octanol–water partition coefficient (Wildman–Crippen LogP) is 2.19. The molecule has 0 aliphatic heterocycles. The van der Waals surface area contributed by atoms with Crippen molar-refractivity contribution in [3.8, 4) is 0 Å². The van der Waals surface area contributed by atoms with Crippen LogP contribution in [0, 0.1) is 0 Å². The Hall–Kier alpha value is -1.40. The summed E-state index contributed by atoms with van der Waals surface area (Å²) in [6.45, 7) is 3.43. The van der Waals surface area contributed by atoms with Crippen LogP contribution in [0.5, 0.6) is 0 Å². The van der Waals surface area contributed by atoms with E-state index in [1.54, 1.807) is 26.0 Å².